The number of nitrogens with zero attached hydrogens (tertiary/aromatic N) is 1. The summed E-state index contributed by atoms with van der Waals surface area (Å²) in [6.07, 6.45) is 3.76. The van der Waals surface area contributed by atoms with Crippen molar-refractivity contribution in [2.24, 2.45) is 10.7 Å². The summed E-state index contributed by atoms with van der Waals surface area (Å²) in [7, 11) is 0. The zero-order valence-corrected chi connectivity index (χ0v) is 24.3. The van der Waals surface area contributed by atoms with Crippen molar-refractivity contribution in [3.8, 4) is 22.3 Å². The van der Waals surface area contributed by atoms with E-state index < -0.39 is 0 Å². The van der Waals surface area contributed by atoms with E-state index in [0.29, 0.717) is 0 Å². The summed E-state index contributed by atoms with van der Waals surface area (Å²) in [6.45, 7) is 0. The molecular weight excluding hydrogens is 536 g/mol. The Bertz CT molecular complexity index is 1850. The molecule has 1 unspecified atom stereocenters. The van der Waals surface area contributed by atoms with Crippen LogP contribution in [0.25, 0.3) is 28.0 Å². The molecule has 0 saturated carbocycles. The zero-order valence-electron chi connectivity index (χ0n) is 24.3. The van der Waals surface area contributed by atoms with Crippen molar-refractivity contribution in [1.29, 1.82) is 0 Å². The fourth-order valence-electron chi connectivity index (χ4n) is 5.16. The van der Waals surface area contributed by atoms with Crippen molar-refractivity contribution in [2.75, 3.05) is 10.6 Å². The van der Waals surface area contributed by atoms with Gasteiger partial charge in [-0.25, -0.2) is 4.99 Å². The smallest absolute Gasteiger partial charge is 0.0930 e. The number of benzene rings is 6. The van der Waals surface area contributed by atoms with Crippen LogP contribution in [0.1, 0.15) is 17.2 Å². The molecule has 6 aromatic rings. The second kappa shape index (κ2) is 14.0. The van der Waals surface area contributed by atoms with Gasteiger partial charge in [-0.2, -0.15) is 0 Å². The largest absolute Gasteiger partial charge is 0.355 e. The molecule has 6 rings (SSSR count). The monoisotopic (exact) mass is 570 g/mol. The Balaban J connectivity index is 1.36. The Morgan fingerprint density at radius 3 is 1.89 bits per heavy atom. The maximum atomic E-state index is 6.59. The summed E-state index contributed by atoms with van der Waals surface area (Å²) < 4.78 is 0. The van der Waals surface area contributed by atoms with Crippen LogP contribution >= 0.6 is 0 Å². The Labute approximate surface area is 259 Å². The third-order valence-corrected chi connectivity index (χ3v) is 7.41. The highest BCUT2D eigenvalue weighted by Crippen LogP contribution is 2.36. The highest BCUT2D eigenvalue weighted by Gasteiger charge is 2.11. The van der Waals surface area contributed by atoms with E-state index in [1.54, 1.807) is 6.34 Å². The van der Waals surface area contributed by atoms with E-state index >= 15 is 0 Å². The van der Waals surface area contributed by atoms with Crippen molar-refractivity contribution in [3.05, 3.63) is 181 Å². The molecule has 0 aliphatic carbocycles. The van der Waals surface area contributed by atoms with Gasteiger partial charge in [-0.3, -0.25) is 0 Å². The first-order chi connectivity index (χ1) is 21.7. The van der Waals surface area contributed by atoms with E-state index in [1.807, 2.05) is 91.0 Å². The summed E-state index contributed by atoms with van der Waals surface area (Å²) in [5.41, 5.74) is 16.8. The molecule has 6 aromatic carbocycles. The molecule has 0 aromatic heterocycles. The predicted octanol–water partition coefficient (Wildman–Crippen LogP) is 9.95. The highest BCUT2D eigenvalue weighted by molar-refractivity contribution is 5.93. The van der Waals surface area contributed by atoms with Gasteiger partial charge in [-0.05, 0) is 52.6 Å². The van der Waals surface area contributed by atoms with E-state index in [0.717, 1.165) is 56.1 Å². The van der Waals surface area contributed by atoms with Gasteiger partial charge < -0.3 is 16.4 Å². The third kappa shape index (κ3) is 7.01. The number of hydrogen-bond acceptors (Lipinski definition) is 3. The Kier molecular flexibility index (Phi) is 9.02. The maximum absolute atomic E-state index is 6.59. The second-order valence-electron chi connectivity index (χ2n) is 10.4. The average Bonchev–Trinajstić information content (AvgIpc) is 3.09. The number of rotatable bonds is 10. The molecule has 0 radical (unpaired) electrons. The Hall–Kier alpha value is -5.71. The molecule has 4 heteroatoms. The molecule has 4 nitrogen and oxygen atoms in total. The van der Waals surface area contributed by atoms with Crippen LogP contribution < -0.4 is 16.4 Å². The van der Waals surface area contributed by atoms with E-state index in [-0.39, 0.29) is 6.04 Å². The molecular formula is C40H34N4. The lowest BCUT2D eigenvalue weighted by atomic mass is 9.97. The summed E-state index contributed by atoms with van der Waals surface area (Å²) in [5, 5.41) is 7.09. The van der Waals surface area contributed by atoms with Crippen molar-refractivity contribution in [2.45, 2.75) is 6.04 Å². The summed E-state index contributed by atoms with van der Waals surface area (Å²) >= 11 is 0. The molecule has 214 valence electrons. The molecule has 0 heterocycles. The van der Waals surface area contributed by atoms with Gasteiger partial charge in [0, 0.05) is 28.2 Å². The van der Waals surface area contributed by atoms with Gasteiger partial charge in [0.25, 0.3) is 0 Å². The molecule has 4 N–H and O–H groups in total. The number of hydrogen-bond donors (Lipinski definition) is 3. The molecule has 0 aliphatic heterocycles. The van der Waals surface area contributed by atoms with Crippen LogP contribution in [0.5, 0.6) is 0 Å². The summed E-state index contributed by atoms with van der Waals surface area (Å²) in [4.78, 5) is 4.90. The van der Waals surface area contributed by atoms with Gasteiger partial charge in [0.05, 0.1) is 18.1 Å². The molecule has 0 fully saturated rings. The summed E-state index contributed by atoms with van der Waals surface area (Å²) in [6, 6.07) is 55.4. The van der Waals surface area contributed by atoms with Gasteiger partial charge in [0.2, 0.25) is 0 Å². The van der Waals surface area contributed by atoms with Gasteiger partial charge in [0.1, 0.15) is 0 Å². The van der Waals surface area contributed by atoms with E-state index in [4.69, 9.17) is 10.7 Å². The summed E-state index contributed by atoms with van der Waals surface area (Å²) in [5.74, 6) is 0. The average molecular weight is 571 g/mol. The van der Waals surface area contributed by atoms with Crippen LogP contribution in [0.2, 0.25) is 0 Å². The SMILES string of the molecule is NC(/C=C(\N=C\Nc1cc(-c2ccccc2Nc2ccccc2)ccc1-c1ccccc1)c1ccccc1)c1ccccc1. The first-order valence-electron chi connectivity index (χ1n) is 14.7. The number of para-hydroxylation sites is 2. The number of anilines is 3. The van der Waals surface area contributed by atoms with Gasteiger partial charge in [0.15, 0.2) is 0 Å². The van der Waals surface area contributed by atoms with E-state index in [1.165, 1.54) is 0 Å². The molecule has 0 saturated heterocycles. The lowest BCUT2D eigenvalue weighted by Gasteiger charge is -2.16. The Morgan fingerprint density at radius 1 is 0.568 bits per heavy atom. The van der Waals surface area contributed by atoms with Crippen LogP contribution in [0.4, 0.5) is 17.1 Å². The topological polar surface area (TPSA) is 62.4 Å². The minimum Gasteiger partial charge on any atom is -0.355 e. The van der Waals surface area contributed by atoms with Crippen molar-refractivity contribution in [1.82, 2.24) is 0 Å². The minimum atomic E-state index is -0.291. The molecule has 0 bridgehead atoms. The first-order valence-corrected chi connectivity index (χ1v) is 14.7. The fourth-order valence-corrected chi connectivity index (χ4v) is 5.16. The van der Waals surface area contributed by atoms with Gasteiger partial charge in [-0.1, -0.05) is 140 Å². The number of nitrogens with one attached hydrogen (secondary N) is 2. The van der Waals surface area contributed by atoms with E-state index in [9.17, 15) is 0 Å². The van der Waals surface area contributed by atoms with Crippen LogP contribution in [-0.2, 0) is 0 Å². The van der Waals surface area contributed by atoms with Gasteiger partial charge >= 0.3 is 0 Å². The van der Waals surface area contributed by atoms with Crippen LogP contribution in [0, 0.1) is 0 Å². The quantitative estimate of drug-likeness (QED) is 0.113. The second-order valence-corrected chi connectivity index (χ2v) is 10.4. The van der Waals surface area contributed by atoms with Crippen molar-refractivity contribution in [3.63, 3.8) is 0 Å². The molecule has 0 aliphatic rings. The zero-order chi connectivity index (χ0) is 30.0. The lowest BCUT2D eigenvalue weighted by molar-refractivity contribution is 0.911. The van der Waals surface area contributed by atoms with Crippen LogP contribution in [0.3, 0.4) is 0 Å². The number of nitrogens with two attached hydrogens (primary N) is 1. The van der Waals surface area contributed by atoms with Crippen molar-refractivity contribution < 1.29 is 0 Å². The van der Waals surface area contributed by atoms with Crippen LogP contribution in [-0.4, -0.2) is 6.34 Å². The fraction of sp³-hybridized carbons (Fsp3) is 0.0250. The lowest BCUT2D eigenvalue weighted by Crippen LogP contribution is -2.07. The molecule has 0 amide bonds. The minimum absolute atomic E-state index is 0.291. The first kappa shape index (κ1) is 28.4. The normalized spacial score (nSPS) is 12.2. The standard InChI is InChI=1S/C40H34N4/c41-37(31-17-7-2-8-18-31)28-39(32-19-9-3-10-20-32)42-29-43-40-27-33(25-26-36(40)30-15-5-1-6-16-30)35-23-13-14-24-38(35)44-34-21-11-4-12-22-34/h1-29,37,44H,41H2,(H,42,43)/b39-28-. The predicted molar refractivity (Wildman–Crippen MR) is 187 cm³/mol. The molecule has 0 spiro atoms. The highest BCUT2D eigenvalue weighted by atomic mass is 15.0. The van der Waals surface area contributed by atoms with E-state index in [2.05, 4.69) is 89.5 Å². The third-order valence-electron chi connectivity index (χ3n) is 7.41. The maximum Gasteiger partial charge on any atom is 0.0930 e. The van der Waals surface area contributed by atoms with Crippen LogP contribution in [0.15, 0.2) is 175 Å². The molecule has 1 atom stereocenters. The van der Waals surface area contributed by atoms with Crippen molar-refractivity contribution >= 4 is 29.1 Å². The number of aliphatic imine (C=N–C) groups is 1. The van der Waals surface area contributed by atoms with Gasteiger partial charge in [-0.15, -0.1) is 0 Å². The Morgan fingerprint density at radius 2 is 1.16 bits per heavy atom. The molecule has 44 heavy (non-hydrogen) atoms.